The molecule has 0 aliphatic carbocycles. The van der Waals surface area contributed by atoms with Crippen LogP contribution in [0.25, 0.3) is 0 Å². The molecule has 0 saturated carbocycles. The van der Waals surface area contributed by atoms with E-state index in [1.54, 1.807) is 0 Å². The highest BCUT2D eigenvalue weighted by molar-refractivity contribution is 5.38. The molecule has 21 heavy (non-hydrogen) atoms. The first kappa shape index (κ1) is 15.5. The maximum atomic E-state index is 5.62. The first-order valence-corrected chi connectivity index (χ1v) is 7.56. The minimum absolute atomic E-state index is 0.142. The van der Waals surface area contributed by atoms with E-state index in [-0.39, 0.29) is 6.04 Å². The van der Waals surface area contributed by atoms with Crippen molar-refractivity contribution in [2.24, 2.45) is 0 Å². The highest BCUT2D eigenvalue weighted by Gasteiger charge is 2.16. The predicted molar refractivity (Wildman–Crippen MR) is 86.8 cm³/mol. The van der Waals surface area contributed by atoms with Crippen LogP contribution in [0, 0.1) is 13.8 Å². The van der Waals surface area contributed by atoms with E-state index in [1.165, 1.54) is 11.1 Å². The van der Waals surface area contributed by atoms with E-state index in [2.05, 4.69) is 48.4 Å². The SMILES string of the molecule is CCNC(c1cccc(OCC)c1)c1ccc(C)nc1C. The van der Waals surface area contributed by atoms with Gasteiger partial charge in [0.2, 0.25) is 0 Å². The van der Waals surface area contributed by atoms with Gasteiger partial charge in [-0.15, -0.1) is 0 Å². The van der Waals surface area contributed by atoms with Gasteiger partial charge >= 0.3 is 0 Å². The Morgan fingerprint density at radius 3 is 2.62 bits per heavy atom. The van der Waals surface area contributed by atoms with Crippen molar-refractivity contribution in [1.29, 1.82) is 0 Å². The Morgan fingerprint density at radius 1 is 1.14 bits per heavy atom. The van der Waals surface area contributed by atoms with Crippen LogP contribution in [0.15, 0.2) is 36.4 Å². The topological polar surface area (TPSA) is 34.1 Å². The van der Waals surface area contributed by atoms with E-state index in [9.17, 15) is 0 Å². The van der Waals surface area contributed by atoms with Crippen molar-refractivity contribution in [2.45, 2.75) is 33.7 Å². The quantitative estimate of drug-likeness (QED) is 0.876. The molecule has 2 rings (SSSR count). The molecule has 0 bridgehead atoms. The Kier molecular flexibility index (Phi) is 5.34. The fourth-order valence-electron chi connectivity index (χ4n) is 2.56. The van der Waals surface area contributed by atoms with Gasteiger partial charge in [0.1, 0.15) is 5.75 Å². The predicted octanol–water partition coefficient (Wildman–Crippen LogP) is 3.80. The second-order valence-corrected chi connectivity index (χ2v) is 5.12. The highest BCUT2D eigenvalue weighted by atomic mass is 16.5. The molecule has 1 atom stereocenters. The summed E-state index contributed by atoms with van der Waals surface area (Å²) < 4.78 is 5.62. The van der Waals surface area contributed by atoms with E-state index in [0.717, 1.165) is 23.7 Å². The van der Waals surface area contributed by atoms with E-state index in [0.29, 0.717) is 6.61 Å². The number of hydrogen-bond acceptors (Lipinski definition) is 3. The van der Waals surface area contributed by atoms with Gasteiger partial charge in [0.15, 0.2) is 0 Å². The van der Waals surface area contributed by atoms with Gasteiger partial charge < -0.3 is 10.1 Å². The second-order valence-electron chi connectivity index (χ2n) is 5.12. The fraction of sp³-hybridized carbons (Fsp3) is 0.389. The van der Waals surface area contributed by atoms with Crippen LogP contribution < -0.4 is 10.1 Å². The smallest absolute Gasteiger partial charge is 0.119 e. The summed E-state index contributed by atoms with van der Waals surface area (Å²) in [7, 11) is 0. The van der Waals surface area contributed by atoms with E-state index < -0.39 is 0 Å². The largest absolute Gasteiger partial charge is 0.494 e. The lowest BCUT2D eigenvalue weighted by Gasteiger charge is -2.21. The maximum Gasteiger partial charge on any atom is 0.119 e. The number of benzene rings is 1. The molecule has 0 aliphatic rings. The van der Waals surface area contributed by atoms with Gasteiger partial charge in [-0.2, -0.15) is 0 Å². The molecule has 0 radical (unpaired) electrons. The van der Waals surface area contributed by atoms with E-state index in [4.69, 9.17) is 4.74 Å². The van der Waals surface area contributed by atoms with Crippen molar-refractivity contribution < 1.29 is 4.74 Å². The van der Waals surface area contributed by atoms with Crippen molar-refractivity contribution in [3.8, 4) is 5.75 Å². The molecule has 0 spiro atoms. The van der Waals surface area contributed by atoms with Gasteiger partial charge in [0.05, 0.1) is 12.6 Å². The molecule has 1 aromatic heterocycles. The molecule has 3 heteroatoms. The van der Waals surface area contributed by atoms with Crippen LogP contribution in [0.2, 0.25) is 0 Å². The average Bonchev–Trinajstić information content (AvgIpc) is 2.46. The third-order valence-electron chi connectivity index (χ3n) is 3.49. The van der Waals surface area contributed by atoms with Gasteiger partial charge in [0, 0.05) is 11.4 Å². The second kappa shape index (κ2) is 7.23. The maximum absolute atomic E-state index is 5.62. The van der Waals surface area contributed by atoms with E-state index >= 15 is 0 Å². The lowest BCUT2D eigenvalue weighted by molar-refractivity contribution is 0.339. The molecule has 0 aliphatic heterocycles. The highest BCUT2D eigenvalue weighted by Crippen LogP contribution is 2.27. The molecule has 1 N–H and O–H groups in total. The summed E-state index contributed by atoms with van der Waals surface area (Å²) in [6.07, 6.45) is 0. The summed E-state index contributed by atoms with van der Waals surface area (Å²) in [6, 6.07) is 12.7. The fourth-order valence-corrected chi connectivity index (χ4v) is 2.56. The Bertz CT molecular complexity index is 596. The van der Waals surface area contributed by atoms with Crippen LogP contribution in [-0.4, -0.2) is 18.1 Å². The van der Waals surface area contributed by atoms with Gasteiger partial charge in [0.25, 0.3) is 0 Å². The first-order valence-electron chi connectivity index (χ1n) is 7.56. The molecule has 0 saturated heterocycles. The van der Waals surface area contributed by atoms with Crippen molar-refractivity contribution in [1.82, 2.24) is 10.3 Å². The summed E-state index contributed by atoms with van der Waals surface area (Å²) >= 11 is 0. The summed E-state index contributed by atoms with van der Waals surface area (Å²) in [5.41, 5.74) is 4.55. The summed E-state index contributed by atoms with van der Waals surface area (Å²) in [6.45, 7) is 9.80. The Morgan fingerprint density at radius 2 is 1.95 bits per heavy atom. The number of hydrogen-bond donors (Lipinski definition) is 1. The Balaban J connectivity index is 2.40. The van der Waals surface area contributed by atoms with Crippen LogP contribution in [0.5, 0.6) is 5.75 Å². The zero-order valence-electron chi connectivity index (χ0n) is 13.3. The molecular weight excluding hydrogens is 260 g/mol. The Hall–Kier alpha value is -1.87. The van der Waals surface area contributed by atoms with Crippen LogP contribution in [0.3, 0.4) is 0 Å². The van der Waals surface area contributed by atoms with Crippen LogP contribution >= 0.6 is 0 Å². The lowest BCUT2D eigenvalue weighted by Crippen LogP contribution is -2.23. The van der Waals surface area contributed by atoms with E-state index in [1.807, 2.05) is 26.0 Å². The summed E-state index contributed by atoms with van der Waals surface area (Å²) in [5.74, 6) is 0.913. The number of pyridine rings is 1. The van der Waals surface area contributed by atoms with Crippen molar-refractivity contribution in [2.75, 3.05) is 13.2 Å². The minimum Gasteiger partial charge on any atom is -0.494 e. The number of aryl methyl sites for hydroxylation is 2. The average molecular weight is 284 g/mol. The monoisotopic (exact) mass is 284 g/mol. The molecule has 1 unspecified atom stereocenters. The Labute approximate surface area is 127 Å². The van der Waals surface area contributed by atoms with Gasteiger partial charge in [-0.05, 0) is 56.6 Å². The molecular formula is C18H24N2O. The molecule has 0 amide bonds. The first-order chi connectivity index (χ1) is 10.2. The molecule has 1 aromatic carbocycles. The van der Waals surface area contributed by atoms with Gasteiger partial charge in [-0.1, -0.05) is 25.1 Å². The number of aromatic nitrogens is 1. The summed E-state index contributed by atoms with van der Waals surface area (Å²) in [5, 5.41) is 3.55. The van der Waals surface area contributed by atoms with Crippen LogP contribution in [-0.2, 0) is 0 Å². The molecule has 3 nitrogen and oxygen atoms in total. The van der Waals surface area contributed by atoms with Gasteiger partial charge in [-0.3, -0.25) is 4.98 Å². The number of ether oxygens (including phenoxy) is 1. The number of rotatable bonds is 6. The zero-order chi connectivity index (χ0) is 15.2. The third-order valence-corrected chi connectivity index (χ3v) is 3.49. The zero-order valence-corrected chi connectivity index (χ0v) is 13.3. The molecule has 0 fully saturated rings. The normalized spacial score (nSPS) is 12.2. The van der Waals surface area contributed by atoms with Crippen LogP contribution in [0.4, 0.5) is 0 Å². The lowest BCUT2D eigenvalue weighted by atomic mass is 9.97. The third kappa shape index (κ3) is 3.82. The van der Waals surface area contributed by atoms with Crippen LogP contribution in [0.1, 0.15) is 42.4 Å². The number of nitrogens with one attached hydrogen (secondary N) is 1. The minimum atomic E-state index is 0.142. The summed E-state index contributed by atoms with van der Waals surface area (Å²) in [4.78, 5) is 4.59. The molecule has 1 heterocycles. The van der Waals surface area contributed by atoms with Crippen molar-refractivity contribution >= 4 is 0 Å². The van der Waals surface area contributed by atoms with Crippen molar-refractivity contribution in [3.05, 3.63) is 58.9 Å². The van der Waals surface area contributed by atoms with Crippen molar-refractivity contribution in [3.63, 3.8) is 0 Å². The standard InChI is InChI=1S/C18H24N2O/c1-5-19-18(17-11-10-13(3)20-14(17)4)15-8-7-9-16(12-15)21-6-2/h7-12,18-19H,5-6H2,1-4H3. The molecule has 112 valence electrons. The molecule has 2 aromatic rings. The number of nitrogens with zero attached hydrogens (tertiary/aromatic N) is 1. The van der Waals surface area contributed by atoms with Gasteiger partial charge in [-0.25, -0.2) is 0 Å².